The lowest BCUT2D eigenvalue weighted by Gasteiger charge is -2.18. The first-order valence-electron chi connectivity index (χ1n) is 5.48. The highest BCUT2D eigenvalue weighted by Gasteiger charge is 2.33. The summed E-state index contributed by atoms with van der Waals surface area (Å²) in [6.45, 7) is 0.239. The van der Waals surface area contributed by atoms with Crippen LogP contribution in [-0.4, -0.2) is 19.0 Å². The molecule has 0 N–H and O–H groups in total. The fourth-order valence-corrected chi connectivity index (χ4v) is 2.26. The molecule has 8 heteroatoms. The zero-order valence-corrected chi connectivity index (χ0v) is 10.4. The van der Waals surface area contributed by atoms with Crippen molar-refractivity contribution in [1.29, 1.82) is 0 Å². The molecule has 1 saturated heterocycles. The minimum absolute atomic E-state index is 0.0731. The molecule has 0 spiro atoms. The molecule has 0 aliphatic carbocycles. The molecule has 0 radical (unpaired) electrons. The average molecular weight is 287 g/mol. The largest absolute Gasteiger partial charge is 0.307 e. The molecule has 100 valence electrons. The van der Waals surface area contributed by atoms with Gasteiger partial charge in [0.05, 0.1) is 0 Å². The molecule has 1 aromatic carbocycles. The maximum atomic E-state index is 13.7. The van der Waals surface area contributed by atoms with Gasteiger partial charge in [-0.3, -0.25) is 4.79 Å². The summed E-state index contributed by atoms with van der Waals surface area (Å²) in [6.07, 6.45) is 0.0977. The Kier molecular flexibility index (Phi) is 3.87. The van der Waals surface area contributed by atoms with E-state index in [4.69, 9.17) is 17.1 Å². The van der Waals surface area contributed by atoms with Crippen molar-refractivity contribution in [3.05, 3.63) is 39.2 Å². The van der Waals surface area contributed by atoms with Crippen LogP contribution < -0.4 is 4.90 Å². The summed E-state index contributed by atoms with van der Waals surface area (Å²) in [7, 11) is 0. The third kappa shape index (κ3) is 2.77. The standard InChI is InChI=1S/C11H9ClF2N4O/c12-7-2-8(13)11(9(14)3-7)18-5-6(1-10(18)19)4-16-17-15/h2-3,6H,1,4-5H2. The lowest BCUT2D eigenvalue weighted by molar-refractivity contribution is -0.117. The molecule has 1 unspecified atom stereocenters. The fraction of sp³-hybridized carbons (Fsp3) is 0.364. The van der Waals surface area contributed by atoms with Crippen molar-refractivity contribution in [1.82, 2.24) is 0 Å². The third-order valence-electron chi connectivity index (χ3n) is 2.86. The van der Waals surface area contributed by atoms with E-state index in [9.17, 15) is 13.6 Å². The summed E-state index contributed by atoms with van der Waals surface area (Å²) in [5, 5.41) is 3.30. The molecule has 1 aliphatic heterocycles. The van der Waals surface area contributed by atoms with Crippen molar-refractivity contribution in [2.45, 2.75) is 6.42 Å². The maximum absolute atomic E-state index is 13.7. The predicted molar refractivity (Wildman–Crippen MR) is 65.8 cm³/mol. The zero-order chi connectivity index (χ0) is 14.0. The van der Waals surface area contributed by atoms with E-state index in [-0.39, 0.29) is 30.5 Å². The molecule has 5 nitrogen and oxygen atoms in total. The monoisotopic (exact) mass is 286 g/mol. The highest BCUT2D eigenvalue weighted by Crippen LogP contribution is 2.31. The van der Waals surface area contributed by atoms with E-state index in [0.717, 1.165) is 17.0 Å². The second kappa shape index (κ2) is 5.42. The minimum atomic E-state index is -0.886. The molecule has 1 amide bonds. The normalized spacial score (nSPS) is 18.6. The average Bonchev–Trinajstić information content (AvgIpc) is 2.67. The van der Waals surface area contributed by atoms with Gasteiger partial charge in [0.2, 0.25) is 5.91 Å². The summed E-state index contributed by atoms with van der Waals surface area (Å²) in [6, 6.07) is 1.90. The van der Waals surface area contributed by atoms with Crippen molar-refractivity contribution in [2.75, 3.05) is 18.0 Å². The van der Waals surface area contributed by atoms with Crippen LogP contribution in [0.2, 0.25) is 5.02 Å². The predicted octanol–water partition coefficient (Wildman–Crippen LogP) is 3.28. The Bertz CT molecular complexity index is 551. The summed E-state index contributed by atoms with van der Waals surface area (Å²) < 4.78 is 27.4. The first-order chi connectivity index (χ1) is 9.02. The second-order valence-corrected chi connectivity index (χ2v) is 4.64. The Hall–Kier alpha value is -1.85. The van der Waals surface area contributed by atoms with Crippen LogP contribution in [0.3, 0.4) is 0 Å². The number of nitrogens with zero attached hydrogens (tertiary/aromatic N) is 4. The number of benzene rings is 1. The molecule has 1 aromatic rings. The van der Waals surface area contributed by atoms with Gasteiger partial charge in [-0.25, -0.2) is 8.78 Å². The molecule has 0 saturated carbocycles. The van der Waals surface area contributed by atoms with E-state index in [1.54, 1.807) is 0 Å². The van der Waals surface area contributed by atoms with Gasteiger partial charge < -0.3 is 4.90 Å². The van der Waals surface area contributed by atoms with Crippen LogP contribution in [0.5, 0.6) is 0 Å². The summed E-state index contributed by atoms with van der Waals surface area (Å²) in [4.78, 5) is 15.4. The van der Waals surface area contributed by atoms with Gasteiger partial charge in [0, 0.05) is 29.4 Å². The van der Waals surface area contributed by atoms with Gasteiger partial charge >= 0.3 is 0 Å². The third-order valence-corrected chi connectivity index (χ3v) is 3.08. The Morgan fingerprint density at radius 3 is 2.68 bits per heavy atom. The van der Waals surface area contributed by atoms with E-state index in [1.165, 1.54) is 0 Å². The highest BCUT2D eigenvalue weighted by atomic mass is 35.5. The summed E-state index contributed by atoms with van der Waals surface area (Å²) in [5.74, 6) is -2.42. The lowest BCUT2D eigenvalue weighted by atomic mass is 10.1. The number of halogens is 3. The Balaban J connectivity index is 2.28. The van der Waals surface area contributed by atoms with Gasteiger partial charge in [-0.15, -0.1) is 0 Å². The number of rotatable bonds is 3. The van der Waals surface area contributed by atoms with Gasteiger partial charge in [-0.05, 0) is 23.6 Å². The van der Waals surface area contributed by atoms with Gasteiger partial charge in [0.25, 0.3) is 0 Å². The van der Waals surface area contributed by atoms with Crippen LogP contribution >= 0.6 is 11.6 Å². The number of azide groups is 1. The Morgan fingerprint density at radius 1 is 1.47 bits per heavy atom. The zero-order valence-electron chi connectivity index (χ0n) is 9.68. The highest BCUT2D eigenvalue weighted by molar-refractivity contribution is 6.30. The number of amides is 1. The number of carbonyl (C=O) groups excluding carboxylic acids is 1. The molecule has 1 fully saturated rings. The second-order valence-electron chi connectivity index (χ2n) is 4.21. The molecular weight excluding hydrogens is 278 g/mol. The smallest absolute Gasteiger partial charge is 0.227 e. The van der Waals surface area contributed by atoms with Gasteiger partial charge in [-0.2, -0.15) is 0 Å². The van der Waals surface area contributed by atoms with E-state index in [0.29, 0.717) is 0 Å². The fourth-order valence-electron chi connectivity index (χ4n) is 2.06. The molecule has 1 heterocycles. The summed E-state index contributed by atoms with van der Waals surface area (Å²) in [5.41, 5.74) is 7.81. The van der Waals surface area contributed by atoms with Crippen LogP contribution in [0.1, 0.15) is 6.42 Å². The Labute approximate surface area is 112 Å². The number of hydrogen-bond donors (Lipinski definition) is 0. The van der Waals surface area contributed by atoms with E-state index < -0.39 is 23.2 Å². The van der Waals surface area contributed by atoms with Crippen LogP contribution in [0.15, 0.2) is 17.2 Å². The maximum Gasteiger partial charge on any atom is 0.227 e. The molecule has 2 rings (SSSR count). The van der Waals surface area contributed by atoms with Crippen molar-refractivity contribution in [2.24, 2.45) is 11.0 Å². The van der Waals surface area contributed by atoms with Crippen LogP contribution in [-0.2, 0) is 4.79 Å². The Morgan fingerprint density at radius 2 is 2.11 bits per heavy atom. The van der Waals surface area contributed by atoms with Crippen LogP contribution in [0.25, 0.3) is 10.4 Å². The first kappa shape index (κ1) is 13.6. The number of anilines is 1. The number of hydrogen-bond acceptors (Lipinski definition) is 2. The van der Waals surface area contributed by atoms with E-state index in [2.05, 4.69) is 10.0 Å². The van der Waals surface area contributed by atoms with Crippen molar-refractivity contribution >= 4 is 23.2 Å². The van der Waals surface area contributed by atoms with E-state index >= 15 is 0 Å². The minimum Gasteiger partial charge on any atom is -0.307 e. The van der Waals surface area contributed by atoms with Crippen LogP contribution in [0.4, 0.5) is 14.5 Å². The van der Waals surface area contributed by atoms with Crippen molar-refractivity contribution in [3.63, 3.8) is 0 Å². The van der Waals surface area contributed by atoms with E-state index in [1.807, 2.05) is 0 Å². The molecule has 19 heavy (non-hydrogen) atoms. The van der Waals surface area contributed by atoms with Crippen LogP contribution in [0, 0.1) is 17.6 Å². The molecule has 1 aliphatic rings. The van der Waals surface area contributed by atoms with Gasteiger partial charge in [0.15, 0.2) is 11.6 Å². The lowest BCUT2D eigenvalue weighted by Crippen LogP contribution is -2.27. The quantitative estimate of drug-likeness (QED) is 0.477. The number of carbonyl (C=O) groups is 1. The van der Waals surface area contributed by atoms with Gasteiger partial charge in [0.1, 0.15) is 5.69 Å². The summed E-state index contributed by atoms with van der Waals surface area (Å²) >= 11 is 5.52. The molecule has 0 aromatic heterocycles. The SMILES string of the molecule is [N-]=[N+]=NCC1CC(=O)N(c2c(F)cc(Cl)cc2F)C1. The topological polar surface area (TPSA) is 69.1 Å². The molecule has 0 bridgehead atoms. The molecule has 1 atom stereocenters. The van der Waals surface area contributed by atoms with Gasteiger partial charge in [-0.1, -0.05) is 16.7 Å². The first-order valence-corrected chi connectivity index (χ1v) is 5.86. The van der Waals surface area contributed by atoms with Crippen molar-refractivity contribution in [3.8, 4) is 0 Å². The molecular formula is C11H9ClF2N4O. The van der Waals surface area contributed by atoms with Crippen molar-refractivity contribution < 1.29 is 13.6 Å².